The van der Waals surface area contributed by atoms with Crippen molar-refractivity contribution in [3.8, 4) is 11.1 Å². The molecular formula is C15H20N4. The van der Waals surface area contributed by atoms with E-state index >= 15 is 0 Å². The minimum absolute atomic E-state index is 0.344. The molecule has 1 aromatic heterocycles. The highest BCUT2D eigenvalue weighted by molar-refractivity contribution is 5.78. The van der Waals surface area contributed by atoms with Crippen molar-refractivity contribution < 1.29 is 0 Å². The molecule has 0 amide bonds. The number of hydrogen-bond acceptors (Lipinski definition) is 3. The Morgan fingerprint density at radius 1 is 1.21 bits per heavy atom. The lowest BCUT2D eigenvalue weighted by atomic mass is 10.0. The van der Waals surface area contributed by atoms with E-state index in [9.17, 15) is 0 Å². The summed E-state index contributed by atoms with van der Waals surface area (Å²) in [7, 11) is 0. The second-order valence-electron chi connectivity index (χ2n) is 5.24. The first-order valence-corrected chi connectivity index (χ1v) is 6.86. The topological polar surface area (TPSA) is 57.9 Å². The number of hydrogen-bond donors (Lipinski definition) is 2. The zero-order chi connectivity index (χ0) is 13.2. The fraction of sp³-hybridized carbons (Fsp3) is 0.400. The number of nitrogens with zero attached hydrogens (tertiary/aromatic N) is 2. The molecule has 100 valence electrons. The van der Waals surface area contributed by atoms with Gasteiger partial charge in [0, 0.05) is 30.4 Å². The maximum atomic E-state index is 5.97. The minimum Gasteiger partial charge on any atom is -0.355 e. The summed E-state index contributed by atoms with van der Waals surface area (Å²) in [6.07, 6.45) is 2.08. The van der Waals surface area contributed by atoms with Crippen molar-refractivity contribution in [3.05, 3.63) is 36.0 Å². The van der Waals surface area contributed by atoms with Crippen molar-refractivity contribution in [2.75, 3.05) is 18.0 Å². The third-order valence-corrected chi connectivity index (χ3v) is 3.83. The van der Waals surface area contributed by atoms with Gasteiger partial charge in [-0.25, -0.2) is 0 Å². The Morgan fingerprint density at radius 2 is 1.89 bits per heavy atom. The van der Waals surface area contributed by atoms with Crippen molar-refractivity contribution in [2.24, 2.45) is 5.73 Å². The van der Waals surface area contributed by atoms with E-state index in [4.69, 9.17) is 5.73 Å². The summed E-state index contributed by atoms with van der Waals surface area (Å²) >= 11 is 0. The zero-order valence-electron chi connectivity index (χ0n) is 11.3. The Morgan fingerprint density at radius 3 is 2.58 bits per heavy atom. The molecule has 0 aliphatic carbocycles. The van der Waals surface area contributed by atoms with Gasteiger partial charge >= 0.3 is 0 Å². The van der Waals surface area contributed by atoms with Crippen molar-refractivity contribution in [1.82, 2.24) is 10.2 Å². The van der Waals surface area contributed by atoms with E-state index in [1.54, 1.807) is 0 Å². The molecule has 2 aromatic rings. The van der Waals surface area contributed by atoms with Crippen LogP contribution in [-0.2, 0) is 0 Å². The molecule has 1 aliphatic heterocycles. The summed E-state index contributed by atoms with van der Waals surface area (Å²) in [6, 6.07) is 10.8. The van der Waals surface area contributed by atoms with E-state index in [-0.39, 0.29) is 0 Å². The van der Waals surface area contributed by atoms with Gasteiger partial charge in [-0.3, -0.25) is 5.10 Å². The summed E-state index contributed by atoms with van der Waals surface area (Å²) in [5, 5.41) is 7.62. The van der Waals surface area contributed by atoms with Gasteiger partial charge < -0.3 is 10.6 Å². The summed E-state index contributed by atoms with van der Waals surface area (Å²) in [5.74, 6) is 1.07. The second kappa shape index (κ2) is 5.05. The molecule has 0 bridgehead atoms. The van der Waals surface area contributed by atoms with E-state index in [1.807, 2.05) is 6.07 Å². The third kappa shape index (κ3) is 2.36. The molecule has 4 heteroatoms. The van der Waals surface area contributed by atoms with E-state index in [2.05, 4.69) is 46.3 Å². The number of aryl methyl sites for hydroxylation is 1. The highest BCUT2D eigenvalue weighted by Gasteiger charge is 2.22. The summed E-state index contributed by atoms with van der Waals surface area (Å²) in [6.45, 7) is 4.06. The van der Waals surface area contributed by atoms with Gasteiger partial charge in [-0.15, -0.1) is 0 Å². The fourth-order valence-corrected chi connectivity index (χ4v) is 2.71. The Bertz CT molecular complexity index is 539. The van der Waals surface area contributed by atoms with E-state index in [1.165, 1.54) is 11.1 Å². The molecule has 0 atom stereocenters. The first kappa shape index (κ1) is 12.2. The molecular weight excluding hydrogens is 236 g/mol. The monoisotopic (exact) mass is 256 g/mol. The van der Waals surface area contributed by atoms with Gasteiger partial charge in [0.1, 0.15) is 0 Å². The molecule has 1 fully saturated rings. The zero-order valence-corrected chi connectivity index (χ0v) is 11.3. The predicted molar refractivity (Wildman–Crippen MR) is 78.2 cm³/mol. The van der Waals surface area contributed by atoms with Crippen molar-refractivity contribution in [2.45, 2.75) is 25.8 Å². The molecule has 1 aromatic carbocycles. The largest absolute Gasteiger partial charge is 0.355 e. The van der Waals surface area contributed by atoms with E-state index < -0.39 is 0 Å². The van der Waals surface area contributed by atoms with Crippen LogP contribution in [0.25, 0.3) is 11.1 Å². The Kier molecular flexibility index (Phi) is 3.25. The van der Waals surface area contributed by atoms with Crippen LogP contribution in [0.3, 0.4) is 0 Å². The molecule has 0 saturated carbocycles. The number of benzene rings is 1. The number of rotatable bonds is 2. The quantitative estimate of drug-likeness (QED) is 0.867. The summed E-state index contributed by atoms with van der Waals surface area (Å²) < 4.78 is 0. The number of piperidine rings is 1. The molecule has 0 radical (unpaired) electrons. The van der Waals surface area contributed by atoms with Crippen molar-refractivity contribution >= 4 is 5.82 Å². The average molecular weight is 256 g/mol. The van der Waals surface area contributed by atoms with Crippen LogP contribution in [0.15, 0.2) is 30.3 Å². The highest BCUT2D eigenvalue weighted by Crippen LogP contribution is 2.32. The Balaban J connectivity index is 1.95. The van der Waals surface area contributed by atoms with Crippen molar-refractivity contribution in [3.63, 3.8) is 0 Å². The van der Waals surface area contributed by atoms with Crippen LogP contribution >= 0.6 is 0 Å². The summed E-state index contributed by atoms with van der Waals surface area (Å²) in [5.41, 5.74) is 9.54. The van der Waals surface area contributed by atoms with Gasteiger partial charge in [0.05, 0.1) is 0 Å². The molecule has 4 nitrogen and oxygen atoms in total. The third-order valence-electron chi connectivity index (χ3n) is 3.83. The molecule has 19 heavy (non-hydrogen) atoms. The molecule has 1 saturated heterocycles. The lowest BCUT2D eigenvalue weighted by Crippen LogP contribution is -2.40. The standard InChI is InChI=1S/C15H20N4/c1-11-14(12-5-3-2-4-6-12)15(18-17-11)19-9-7-13(16)8-10-19/h2-6,13H,7-10,16H2,1H3,(H,17,18). The Labute approximate surface area is 113 Å². The summed E-state index contributed by atoms with van der Waals surface area (Å²) in [4.78, 5) is 2.34. The molecule has 0 spiro atoms. The average Bonchev–Trinajstić information content (AvgIpc) is 2.82. The smallest absolute Gasteiger partial charge is 0.158 e. The van der Waals surface area contributed by atoms with Gasteiger partial charge in [-0.2, -0.15) is 5.10 Å². The van der Waals surface area contributed by atoms with Crippen LogP contribution in [-0.4, -0.2) is 29.3 Å². The highest BCUT2D eigenvalue weighted by atomic mass is 15.3. The minimum atomic E-state index is 0.344. The van der Waals surface area contributed by atoms with Gasteiger partial charge in [0.25, 0.3) is 0 Å². The van der Waals surface area contributed by atoms with Crippen LogP contribution in [0, 0.1) is 6.92 Å². The number of anilines is 1. The Hall–Kier alpha value is -1.81. The molecule has 3 N–H and O–H groups in total. The SMILES string of the molecule is Cc1[nH]nc(N2CCC(N)CC2)c1-c1ccccc1. The predicted octanol–water partition coefficient (Wildman–Crippen LogP) is 2.31. The molecule has 1 aliphatic rings. The van der Waals surface area contributed by atoms with Gasteiger partial charge in [-0.1, -0.05) is 30.3 Å². The maximum Gasteiger partial charge on any atom is 0.158 e. The fourth-order valence-electron chi connectivity index (χ4n) is 2.71. The van der Waals surface area contributed by atoms with Crippen LogP contribution in [0.4, 0.5) is 5.82 Å². The van der Waals surface area contributed by atoms with E-state index in [0.717, 1.165) is 37.4 Å². The van der Waals surface area contributed by atoms with Crippen LogP contribution in [0.5, 0.6) is 0 Å². The van der Waals surface area contributed by atoms with Gasteiger partial charge in [0.15, 0.2) is 5.82 Å². The number of aromatic amines is 1. The first-order valence-electron chi connectivity index (χ1n) is 6.86. The number of aromatic nitrogens is 2. The van der Waals surface area contributed by atoms with Crippen molar-refractivity contribution in [1.29, 1.82) is 0 Å². The normalized spacial score (nSPS) is 16.8. The lowest BCUT2D eigenvalue weighted by molar-refractivity contribution is 0.498. The molecule has 3 rings (SSSR count). The number of nitrogens with two attached hydrogens (primary N) is 1. The number of H-pyrrole nitrogens is 1. The van der Waals surface area contributed by atoms with Gasteiger partial charge in [0.2, 0.25) is 0 Å². The lowest BCUT2D eigenvalue weighted by Gasteiger charge is -2.31. The van der Waals surface area contributed by atoms with Crippen LogP contribution in [0.2, 0.25) is 0 Å². The maximum absolute atomic E-state index is 5.97. The van der Waals surface area contributed by atoms with Crippen LogP contribution < -0.4 is 10.6 Å². The van der Waals surface area contributed by atoms with Gasteiger partial charge in [-0.05, 0) is 25.3 Å². The second-order valence-corrected chi connectivity index (χ2v) is 5.24. The molecule has 0 unspecified atom stereocenters. The van der Waals surface area contributed by atoms with Crippen LogP contribution in [0.1, 0.15) is 18.5 Å². The molecule has 2 heterocycles. The van der Waals surface area contributed by atoms with E-state index in [0.29, 0.717) is 6.04 Å². The first-order chi connectivity index (χ1) is 9.25. The number of nitrogens with one attached hydrogen (secondary N) is 1.